The van der Waals surface area contributed by atoms with Crippen LogP contribution in [0.2, 0.25) is 0 Å². The van der Waals surface area contributed by atoms with Crippen molar-refractivity contribution in [2.45, 2.75) is 18.9 Å². The van der Waals surface area contributed by atoms with E-state index in [9.17, 15) is 9.59 Å². The Bertz CT molecular complexity index is 646. The summed E-state index contributed by atoms with van der Waals surface area (Å²) in [5.74, 6) is 0. The Balaban J connectivity index is 2.12. The van der Waals surface area contributed by atoms with Crippen LogP contribution in [-0.2, 0) is 0 Å². The van der Waals surface area contributed by atoms with Crippen LogP contribution in [0.3, 0.4) is 0 Å². The third kappa shape index (κ3) is 1.70. The zero-order valence-electron chi connectivity index (χ0n) is 9.23. The van der Waals surface area contributed by atoms with Gasteiger partial charge in [-0.3, -0.25) is 9.59 Å². The lowest BCUT2D eigenvalue weighted by Gasteiger charge is -2.24. The Morgan fingerprint density at radius 3 is 2.82 bits per heavy atom. The van der Waals surface area contributed by atoms with Gasteiger partial charge in [-0.15, -0.1) is 0 Å². The predicted octanol–water partition coefficient (Wildman–Crippen LogP) is 0.207. The second kappa shape index (κ2) is 3.89. The van der Waals surface area contributed by atoms with E-state index in [2.05, 4.69) is 10.5 Å². The fourth-order valence-electron chi connectivity index (χ4n) is 2.31. The first-order valence-electron chi connectivity index (χ1n) is 5.70. The van der Waals surface area contributed by atoms with Gasteiger partial charge in [-0.05, 0) is 25.9 Å². The molecule has 0 bridgehead atoms. The molecule has 0 radical (unpaired) electrons. The molecule has 6 nitrogen and oxygen atoms in total. The number of nitrogens with one attached hydrogen (secondary N) is 2. The van der Waals surface area contributed by atoms with Gasteiger partial charge in [0.15, 0.2) is 5.58 Å². The summed E-state index contributed by atoms with van der Waals surface area (Å²) in [6.07, 6.45) is 3.46. The van der Waals surface area contributed by atoms with Crippen molar-refractivity contribution in [2.75, 3.05) is 13.1 Å². The van der Waals surface area contributed by atoms with Gasteiger partial charge >= 0.3 is 0 Å². The predicted molar refractivity (Wildman–Crippen MR) is 62.2 cm³/mol. The highest BCUT2D eigenvalue weighted by molar-refractivity contribution is 5.74. The molecule has 1 fully saturated rings. The Hall–Kier alpha value is -1.82. The summed E-state index contributed by atoms with van der Waals surface area (Å²) >= 11 is 0. The molecule has 2 N–H and O–H groups in total. The average Bonchev–Trinajstić information content (AvgIpc) is 2.71. The summed E-state index contributed by atoms with van der Waals surface area (Å²) < 4.78 is 6.69. The van der Waals surface area contributed by atoms with Gasteiger partial charge in [-0.1, -0.05) is 0 Å². The van der Waals surface area contributed by atoms with Crippen LogP contribution in [0.1, 0.15) is 18.9 Å². The van der Waals surface area contributed by atoms with Gasteiger partial charge in [0, 0.05) is 12.1 Å². The van der Waals surface area contributed by atoms with Gasteiger partial charge in [-0.25, -0.2) is 0 Å². The van der Waals surface area contributed by atoms with Gasteiger partial charge in [0.25, 0.3) is 11.1 Å². The molecule has 6 heteroatoms. The summed E-state index contributed by atoms with van der Waals surface area (Å²) in [5, 5.41) is 5.81. The minimum atomic E-state index is -0.352. The van der Waals surface area contributed by atoms with Crippen molar-refractivity contribution in [3.8, 4) is 0 Å². The summed E-state index contributed by atoms with van der Waals surface area (Å²) in [6, 6.07) is 1.54. The Morgan fingerprint density at radius 2 is 2.06 bits per heavy atom. The van der Waals surface area contributed by atoms with E-state index in [-0.39, 0.29) is 17.2 Å². The molecule has 3 rings (SSSR count). The molecule has 0 spiro atoms. The number of hydrogen-bond donors (Lipinski definition) is 2. The normalized spacial score (nSPS) is 17.6. The number of hydrogen-bond acceptors (Lipinski definition) is 4. The maximum absolute atomic E-state index is 11.9. The van der Waals surface area contributed by atoms with E-state index in [1.54, 1.807) is 10.8 Å². The molecule has 1 saturated heterocycles. The van der Waals surface area contributed by atoms with E-state index in [0.29, 0.717) is 11.0 Å². The molecule has 0 saturated carbocycles. The molecule has 0 amide bonds. The lowest BCUT2D eigenvalue weighted by molar-refractivity contribution is 0.359. The third-order valence-corrected chi connectivity index (χ3v) is 3.24. The van der Waals surface area contributed by atoms with Crippen molar-refractivity contribution in [1.82, 2.24) is 15.0 Å². The smallest absolute Gasteiger partial charge is 0.288 e. The van der Waals surface area contributed by atoms with Gasteiger partial charge in [0.05, 0.1) is 11.6 Å². The topological polar surface area (TPSA) is 80.0 Å². The third-order valence-electron chi connectivity index (χ3n) is 3.24. The molecule has 90 valence electrons. The second-order valence-electron chi connectivity index (χ2n) is 4.31. The molecule has 0 unspecified atom stereocenters. The number of aromatic amines is 1. The lowest BCUT2D eigenvalue weighted by Crippen LogP contribution is -2.33. The molecule has 0 aliphatic carbocycles. The number of rotatable bonds is 1. The van der Waals surface area contributed by atoms with Crippen LogP contribution in [0.4, 0.5) is 0 Å². The minimum Gasteiger partial charge on any atom is -0.377 e. The van der Waals surface area contributed by atoms with Gasteiger partial charge in [0.1, 0.15) is 0 Å². The molecular weight excluding hydrogens is 222 g/mol. The maximum atomic E-state index is 11.9. The first-order valence-corrected chi connectivity index (χ1v) is 5.70. The quantitative estimate of drug-likeness (QED) is 0.740. The summed E-state index contributed by atoms with van der Waals surface area (Å²) in [4.78, 5) is 23.2. The molecule has 2 aromatic heterocycles. The van der Waals surface area contributed by atoms with Crippen molar-refractivity contribution in [1.29, 1.82) is 0 Å². The van der Waals surface area contributed by atoms with Crippen LogP contribution in [0.5, 0.6) is 0 Å². The molecule has 0 atom stereocenters. The van der Waals surface area contributed by atoms with E-state index in [4.69, 9.17) is 4.52 Å². The monoisotopic (exact) mass is 235 g/mol. The summed E-state index contributed by atoms with van der Waals surface area (Å²) in [6.45, 7) is 1.82. The number of H-pyrrole nitrogens is 1. The first kappa shape index (κ1) is 10.3. The Morgan fingerprint density at radius 1 is 1.29 bits per heavy atom. The van der Waals surface area contributed by atoms with Crippen LogP contribution < -0.4 is 16.4 Å². The number of fused-ring (bicyclic) bond motifs is 1. The van der Waals surface area contributed by atoms with Crippen molar-refractivity contribution in [3.05, 3.63) is 33.0 Å². The molecule has 1 aliphatic heterocycles. The van der Waals surface area contributed by atoms with Crippen LogP contribution in [0.15, 0.2) is 26.4 Å². The van der Waals surface area contributed by atoms with E-state index in [1.807, 2.05) is 0 Å². The molecule has 1 aliphatic rings. The largest absolute Gasteiger partial charge is 0.377 e. The van der Waals surface area contributed by atoms with Crippen molar-refractivity contribution >= 4 is 11.0 Å². The summed E-state index contributed by atoms with van der Waals surface area (Å²) in [5.41, 5.74) is -0.0565. The highest BCUT2D eigenvalue weighted by atomic mass is 16.5. The minimum absolute atomic E-state index is 0.142. The van der Waals surface area contributed by atoms with Crippen molar-refractivity contribution in [2.24, 2.45) is 0 Å². The second-order valence-corrected chi connectivity index (χ2v) is 4.31. The Kier molecular flexibility index (Phi) is 2.36. The van der Waals surface area contributed by atoms with E-state index in [1.165, 1.54) is 6.07 Å². The highest BCUT2D eigenvalue weighted by Gasteiger charge is 2.17. The zero-order chi connectivity index (χ0) is 11.8. The summed E-state index contributed by atoms with van der Waals surface area (Å²) in [7, 11) is 0. The van der Waals surface area contributed by atoms with E-state index < -0.39 is 0 Å². The molecular formula is C11H13N3O3. The van der Waals surface area contributed by atoms with Crippen molar-refractivity contribution in [3.63, 3.8) is 0 Å². The number of piperidine rings is 1. The fourth-order valence-corrected chi connectivity index (χ4v) is 2.31. The van der Waals surface area contributed by atoms with Gasteiger partial charge < -0.3 is 14.4 Å². The molecule has 17 heavy (non-hydrogen) atoms. The van der Waals surface area contributed by atoms with E-state index in [0.717, 1.165) is 25.9 Å². The Labute approximate surface area is 96.2 Å². The zero-order valence-corrected chi connectivity index (χ0v) is 9.23. The van der Waals surface area contributed by atoms with Crippen LogP contribution in [0.25, 0.3) is 11.0 Å². The van der Waals surface area contributed by atoms with Crippen LogP contribution >= 0.6 is 0 Å². The average molecular weight is 235 g/mol. The van der Waals surface area contributed by atoms with Crippen molar-refractivity contribution < 1.29 is 4.52 Å². The van der Waals surface area contributed by atoms with Gasteiger partial charge in [0.2, 0.25) is 0 Å². The molecule has 3 heterocycles. The maximum Gasteiger partial charge on any atom is 0.288 e. The number of aromatic nitrogens is 2. The number of nitrogens with zero attached hydrogens (tertiary/aromatic N) is 1. The van der Waals surface area contributed by atoms with Crippen LogP contribution in [-0.4, -0.2) is 22.8 Å². The molecule has 2 aromatic rings. The number of pyridine rings is 1. The molecule has 0 aromatic carbocycles. The highest BCUT2D eigenvalue weighted by Crippen LogP contribution is 2.17. The first-order chi connectivity index (χ1) is 8.25. The SMILES string of the molecule is O=c1[nH]oc2cn(C3CCNCC3)c(=O)cc12. The lowest BCUT2D eigenvalue weighted by atomic mass is 10.1. The fraction of sp³-hybridized carbons (Fsp3) is 0.455. The van der Waals surface area contributed by atoms with E-state index >= 15 is 0 Å². The standard InChI is InChI=1S/C11H13N3O3/c15-10-5-8-9(17-13-11(8)16)6-14(10)7-1-3-12-4-2-7/h5-7,12H,1-4H2,(H,13,16). The van der Waals surface area contributed by atoms with Crippen LogP contribution in [0, 0.1) is 0 Å². The van der Waals surface area contributed by atoms with Gasteiger partial charge in [-0.2, -0.15) is 5.16 Å².